The first kappa shape index (κ1) is 48.6. The third kappa shape index (κ3) is 16.9. The Hall–Kier alpha value is -5.83. The van der Waals surface area contributed by atoms with Crippen LogP contribution in [0.1, 0.15) is 123 Å². The smallest absolute Gasteiger partial charge is 0.343 e. The standard InChI is InChI=1S/C54H64O11/c1-4-52(55)60-32-12-10-13-39(2)36-61-48-29-24-43-34-45(21-20-44(43)35-48)54(57)65-50-30-19-41(33-51(50)63-38-58-3)16-15-40-17-25-47(26-18-40)64-53(56)42-22-27-46(28-23-42)59-31-11-8-6-5-7-9-14-49-37-62-49/h4,19-24,27-30,33-35,39-40,47,49H,1,5-14,17-18,25-26,31-32,36-38H2,2-3H3. The summed E-state index contributed by atoms with van der Waals surface area (Å²) in [6.45, 7) is 8.08. The zero-order valence-electron chi connectivity index (χ0n) is 38.0. The molecule has 6 rings (SSSR count). The van der Waals surface area contributed by atoms with E-state index in [1.165, 1.54) is 45.3 Å². The van der Waals surface area contributed by atoms with Crippen LogP contribution in [-0.2, 0) is 23.7 Å². The van der Waals surface area contributed by atoms with Crippen molar-refractivity contribution in [3.63, 3.8) is 0 Å². The Morgan fingerprint density at radius 1 is 0.738 bits per heavy atom. The van der Waals surface area contributed by atoms with E-state index in [2.05, 4.69) is 25.3 Å². The van der Waals surface area contributed by atoms with Gasteiger partial charge in [0.1, 0.15) is 17.6 Å². The van der Waals surface area contributed by atoms with Crippen LogP contribution < -0.4 is 18.9 Å². The number of esters is 3. The maximum absolute atomic E-state index is 13.4. The lowest BCUT2D eigenvalue weighted by atomic mass is 9.87. The summed E-state index contributed by atoms with van der Waals surface area (Å²) >= 11 is 0. The Morgan fingerprint density at radius 2 is 1.45 bits per heavy atom. The van der Waals surface area contributed by atoms with Gasteiger partial charge in [0, 0.05) is 24.7 Å². The third-order valence-electron chi connectivity index (χ3n) is 11.6. The maximum atomic E-state index is 13.4. The first-order chi connectivity index (χ1) is 31.8. The first-order valence-corrected chi connectivity index (χ1v) is 23.3. The van der Waals surface area contributed by atoms with Crippen molar-refractivity contribution >= 4 is 28.7 Å². The zero-order valence-corrected chi connectivity index (χ0v) is 38.0. The van der Waals surface area contributed by atoms with Crippen LogP contribution in [0.3, 0.4) is 0 Å². The number of rotatable bonds is 26. The van der Waals surface area contributed by atoms with Crippen molar-refractivity contribution in [3.05, 3.63) is 108 Å². The second kappa shape index (κ2) is 26.2. The van der Waals surface area contributed by atoms with E-state index in [-0.39, 0.29) is 30.5 Å². The van der Waals surface area contributed by atoms with Crippen LogP contribution in [0.4, 0.5) is 0 Å². The van der Waals surface area contributed by atoms with Gasteiger partial charge in [0.2, 0.25) is 0 Å². The van der Waals surface area contributed by atoms with E-state index in [0.29, 0.717) is 54.3 Å². The fourth-order valence-corrected chi connectivity index (χ4v) is 7.68. The van der Waals surface area contributed by atoms with Crippen LogP contribution in [0.15, 0.2) is 91.5 Å². The normalized spacial score (nSPS) is 16.9. The van der Waals surface area contributed by atoms with Crippen molar-refractivity contribution in [2.75, 3.05) is 40.3 Å². The summed E-state index contributed by atoms with van der Waals surface area (Å²) in [7, 11) is 1.52. The average Bonchev–Trinajstić information content (AvgIpc) is 4.16. The van der Waals surface area contributed by atoms with E-state index in [9.17, 15) is 14.4 Å². The third-order valence-corrected chi connectivity index (χ3v) is 11.6. The SMILES string of the molecule is C=CC(=O)OCCCCC(C)COc1ccc2cc(C(=O)Oc3ccc(C#CC4CCC(OC(=O)c5ccc(OCCCCCCCCC6CO6)cc5)CC4)cc3OCOC)ccc2c1. The summed E-state index contributed by atoms with van der Waals surface area (Å²) in [5.74, 6) is 8.00. The number of carbonyl (C=O) groups is 3. The molecule has 0 radical (unpaired) electrons. The molecule has 11 nitrogen and oxygen atoms in total. The second-order valence-electron chi connectivity index (χ2n) is 17.0. The van der Waals surface area contributed by atoms with Crippen LogP contribution in [0.25, 0.3) is 10.8 Å². The van der Waals surface area contributed by atoms with Gasteiger partial charge >= 0.3 is 17.9 Å². The lowest BCUT2D eigenvalue weighted by Crippen LogP contribution is -2.24. The molecule has 1 saturated heterocycles. The summed E-state index contributed by atoms with van der Waals surface area (Å²) in [6, 6.07) is 23.6. The summed E-state index contributed by atoms with van der Waals surface area (Å²) in [6.07, 6.45) is 15.8. The molecule has 1 heterocycles. The molecule has 0 amide bonds. The van der Waals surface area contributed by atoms with Crippen LogP contribution >= 0.6 is 0 Å². The van der Waals surface area contributed by atoms with Gasteiger partial charge in [-0.1, -0.05) is 69.6 Å². The number of carbonyl (C=O) groups excluding carboxylic acids is 3. The molecule has 2 aliphatic rings. The van der Waals surface area contributed by atoms with E-state index in [1.54, 1.807) is 42.5 Å². The van der Waals surface area contributed by atoms with Gasteiger partial charge in [-0.25, -0.2) is 14.4 Å². The molecule has 1 saturated carbocycles. The van der Waals surface area contributed by atoms with Crippen molar-refractivity contribution in [1.29, 1.82) is 0 Å². The fraction of sp³-hybridized carbons (Fsp3) is 0.463. The number of hydrogen-bond acceptors (Lipinski definition) is 11. The van der Waals surface area contributed by atoms with Crippen molar-refractivity contribution in [2.45, 2.75) is 109 Å². The summed E-state index contributed by atoms with van der Waals surface area (Å²) in [5.41, 5.74) is 1.63. The second-order valence-corrected chi connectivity index (χ2v) is 17.0. The highest BCUT2D eigenvalue weighted by Gasteiger charge is 2.24. The molecule has 4 aromatic carbocycles. The predicted octanol–water partition coefficient (Wildman–Crippen LogP) is 11.2. The van der Waals surface area contributed by atoms with Crippen LogP contribution in [0.5, 0.6) is 23.0 Å². The molecule has 0 spiro atoms. The van der Waals surface area contributed by atoms with Gasteiger partial charge in [-0.3, -0.25) is 0 Å². The molecule has 346 valence electrons. The quantitative estimate of drug-likeness (QED) is 0.0114. The molecule has 2 atom stereocenters. The highest BCUT2D eigenvalue weighted by atomic mass is 16.7. The van der Waals surface area contributed by atoms with Gasteiger partial charge in [0.15, 0.2) is 18.3 Å². The van der Waals surface area contributed by atoms with Crippen LogP contribution in [0.2, 0.25) is 0 Å². The van der Waals surface area contributed by atoms with Gasteiger partial charge < -0.3 is 37.9 Å². The minimum absolute atomic E-state index is 0.0356. The van der Waals surface area contributed by atoms with Crippen LogP contribution in [0, 0.1) is 23.7 Å². The van der Waals surface area contributed by atoms with E-state index >= 15 is 0 Å². The number of methoxy groups -OCH3 is 1. The van der Waals surface area contributed by atoms with E-state index in [1.807, 2.05) is 36.4 Å². The number of benzene rings is 4. The molecule has 1 aliphatic heterocycles. The number of unbranched alkanes of at least 4 members (excludes halogenated alkanes) is 6. The molecule has 2 unspecified atom stereocenters. The monoisotopic (exact) mass is 888 g/mol. The Labute approximate surface area is 384 Å². The summed E-state index contributed by atoms with van der Waals surface area (Å²) < 4.78 is 44.9. The zero-order chi connectivity index (χ0) is 45.6. The highest BCUT2D eigenvalue weighted by Crippen LogP contribution is 2.31. The molecular formula is C54H64O11. The number of ether oxygens (including phenoxy) is 8. The topological polar surface area (TPSA) is 128 Å². The van der Waals surface area contributed by atoms with Gasteiger partial charge in [-0.05, 0) is 141 Å². The molecule has 4 aromatic rings. The maximum Gasteiger partial charge on any atom is 0.343 e. The summed E-state index contributed by atoms with van der Waals surface area (Å²) in [5, 5.41) is 1.80. The first-order valence-electron chi connectivity index (χ1n) is 23.3. The number of fused-ring (bicyclic) bond motifs is 1. The summed E-state index contributed by atoms with van der Waals surface area (Å²) in [4.78, 5) is 37.5. The van der Waals surface area contributed by atoms with Crippen LogP contribution in [-0.4, -0.2) is 70.4 Å². The van der Waals surface area contributed by atoms with Crippen molar-refractivity contribution in [3.8, 4) is 34.8 Å². The lowest BCUT2D eigenvalue weighted by Gasteiger charge is -2.25. The predicted molar refractivity (Wildman–Crippen MR) is 250 cm³/mol. The average molecular weight is 889 g/mol. The highest BCUT2D eigenvalue weighted by molar-refractivity contribution is 5.97. The Balaban J connectivity index is 0.915. The number of epoxide rings is 1. The van der Waals surface area contributed by atoms with Gasteiger partial charge in [0.05, 0.1) is 43.7 Å². The minimum Gasteiger partial charge on any atom is -0.494 e. The Bertz CT molecular complexity index is 2210. The molecule has 0 N–H and O–H groups in total. The molecule has 1 aliphatic carbocycles. The van der Waals surface area contributed by atoms with E-state index < -0.39 is 11.9 Å². The number of hydrogen-bond donors (Lipinski definition) is 0. The van der Waals surface area contributed by atoms with Crippen molar-refractivity contribution in [2.24, 2.45) is 11.8 Å². The van der Waals surface area contributed by atoms with E-state index in [4.69, 9.17) is 37.9 Å². The molecule has 0 aromatic heterocycles. The Morgan fingerprint density at radius 3 is 2.22 bits per heavy atom. The van der Waals surface area contributed by atoms with Gasteiger partial charge in [0.25, 0.3) is 0 Å². The molecule has 2 fully saturated rings. The van der Waals surface area contributed by atoms with Crippen molar-refractivity contribution < 1.29 is 52.3 Å². The fourth-order valence-electron chi connectivity index (χ4n) is 7.68. The minimum atomic E-state index is -0.525. The largest absolute Gasteiger partial charge is 0.494 e. The lowest BCUT2D eigenvalue weighted by molar-refractivity contribution is -0.137. The molecular weight excluding hydrogens is 825 g/mol. The molecule has 11 heteroatoms. The Kier molecular flexibility index (Phi) is 19.6. The van der Waals surface area contributed by atoms with E-state index in [0.717, 1.165) is 86.7 Å². The van der Waals surface area contributed by atoms with Gasteiger partial charge in [-0.15, -0.1) is 0 Å². The van der Waals surface area contributed by atoms with Crippen molar-refractivity contribution in [1.82, 2.24) is 0 Å². The molecule has 0 bridgehead atoms. The molecule has 65 heavy (non-hydrogen) atoms. The van der Waals surface area contributed by atoms with Gasteiger partial charge in [-0.2, -0.15) is 0 Å².